The lowest BCUT2D eigenvalue weighted by Gasteiger charge is -2.23. The van der Waals surface area contributed by atoms with E-state index in [4.69, 9.17) is 9.47 Å². The fraction of sp³-hybridized carbons (Fsp3) is 0.647. The summed E-state index contributed by atoms with van der Waals surface area (Å²) >= 11 is 0. The molecule has 20 heavy (non-hydrogen) atoms. The van der Waals surface area contributed by atoms with Crippen molar-refractivity contribution in [3.63, 3.8) is 0 Å². The van der Waals surface area contributed by atoms with Gasteiger partial charge in [0.15, 0.2) is 11.5 Å². The molecule has 1 aliphatic heterocycles. The number of ether oxygens (including phenoxy) is 2. The highest BCUT2D eigenvalue weighted by atomic mass is 16.6. The Hall–Kier alpha value is -1.22. The summed E-state index contributed by atoms with van der Waals surface area (Å²) in [4.78, 5) is 0. The molecule has 112 valence electrons. The van der Waals surface area contributed by atoms with Crippen molar-refractivity contribution in [1.82, 2.24) is 5.32 Å². The smallest absolute Gasteiger partial charge is 0.161 e. The molecule has 1 unspecified atom stereocenters. The molecule has 0 aromatic heterocycles. The zero-order chi connectivity index (χ0) is 14.4. The van der Waals surface area contributed by atoms with Gasteiger partial charge >= 0.3 is 0 Å². The highest BCUT2D eigenvalue weighted by molar-refractivity contribution is 5.44. The van der Waals surface area contributed by atoms with Gasteiger partial charge in [0.2, 0.25) is 0 Å². The minimum absolute atomic E-state index is 0.412. The predicted octanol–water partition coefficient (Wildman–Crippen LogP) is 3.93. The quantitative estimate of drug-likeness (QED) is 0.819. The maximum atomic E-state index is 5.68. The Morgan fingerprint density at radius 2 is 1.85 bits per heavy atom. The average Bonchev–Trinajstić information content (AvgIpc) is 2.45. The van der Waals surface area contributed by atoms with Crippen molar-refractivity contribution in [1.29, 1.82) is 0 Å². The number of fused-ring (bicyclic) bond motifs is 1. The Morgan fingerprint density at radius 1 is 1.10 bits per heavy atom. The SMILES string of the molecule is CCNC(CCCC(C)C)c1ccc2c(c1)OCCO2. The Labute approximate surface area is 122 Å². The average molecular weight is 277 g/mol. The second-order valence-corrected chi connectivity index (χ2v) is 5.84. The van der Waals surface area contributed by atoms with Gasteiger partial charge in [0.25, 0.3) is 0 Å². The summed E-state index contributed by atoms with van der Waals surface area (Å²) < 4.78 is 11.3. The highest BCUT2D eigenvalue weighted by Gasteiger charge is 2.16. The minimum atomic E-state index is 0.412. The fourth-order valence-corrected chi connectivity index (χ4v) is 2.64. The molecule has 2 rings (SSSR count). The van der Waals surface area contributed by atoms with E-state index in [1.807, 2.05) is 6.07 Å². The summed E-state index contributed by atoms with van der Waals surface area (Å²) in [5, 5.41) is 3.58. The monoisotopic (exact) mass is 277 g/mol. The second-order valence-electron chi connectivity index (χ2n) is 5.84. The lowest BCUT2D eigenvalue weighted by molar-refractivity contribution is 0.171. The van der Waals surface area contributed by atoms with Gasteiger partial charge in [-0.25, -0.2) is 0 Å². The van der Waals surface area contributed by atoms with Crippen LogP contribution < -0.4 is 14.8 Å². The van der Waals surface area contributed by atoms with E-state index in [1.54, 1.807) is 0 Å². The molecular formula is C17H27NO2. The van der Waals surface area contributed by atoms with E-state index in [0.717, 1.165) is 24.0 Å². The van der Waals surface area contributed by atoms with Crippen molar-refractivity contribution in [3.8, 4) is 11.5 Å². The largest absolute Gasteiger partial charge is 0.486 e. The Kier molecular flexibility index (Phi) is 5.72. The van der Waals surface area contributed by atoms with Crippen LogP contribution >= 0.6 is 0 Å². The van der Waals surface area contributed by atoms with Gasteiger partial charge in [0.05, 0.1) is 0 Å². The Bertz CT molecular complexity index is 417. The van der Waals surface area contributed by atoms with Gasteiger partial charge in [-0.05, 0) is 36.6 Å². The van der Waals surface area contributed by atoms with Crippen LogP contribution in [0.5, 0.6) is 11.5 Å². The van der Waals surface area contributed by atoms with Crippen molar-refractivity contribution in [3.05, 3.63) is 23.8 Å². The summed E-state index contributed by atoms with van der Waals surface area (Å²) in [7, 11) is 0. The molecule has 3 nitrogen and oxygen atoms in total. The molecule has 0 bridgehead atoms. The van der Waals surface area contributed by atoms with Crippen molar-refractivity contribution in [2.75, 3.05) is 19.8 Å². The van der Waals surface area contributed by atoms with Gasteiger partial charge in [-0.15, -0.1) is 0 Å². The van der Waals surface area contributed by atoms with Gasteiger partial charge in [-0.1, -0.05) is 39.7 Å². The normalized spacial score (nSPS) is 15.4. The third kappa shape index (κ3) is 4.14. The third-order valence-corrected chi connectivity index (χ3v) is 3.69. The van der Waals surface area contributed by atoms with E-state index in [2.05, 4.69) is 38.2 Å². The minimum Gasteiger partial charge on any atom is -0.486 e. The maximum absolute atomic E-state index is 5.68. The zero-order valence-corrected chi connectivity index (χ0v) is 12.9. The first-order valence-electron chi connectivity index (χ1n) is 7.83. The predicted molar refractivity (Wildman–Crippen MR) is 82.5 cm³/mol. The van der Waals surface area contributed by atoms with E-state index in [-0.39, 0.29) is 0 Å². The van der Waals surface area contributed by atoms with Crippen molar-refractivity contribution < 1.29 is 9.47 Å². The third-order valence-electron chi connectivity index (χ3n) is 3.69. The van der Waals surface area contributed by atoms with Gasteiger partial charge in [0.1, 0.15) is 13.2 Å². The maximum Gasteiger partial charge on any atom is 0.161 e. The van der Waals surface area contributed by atoms with Crippen LogP contribution in [0.1, 0.15) is 51.6 Å². The van der Waals surface area contributed by atoms with Crippen LogP contribution in [0.25, 0.3) is 0 Å². The number of hydrogen-bond acceptors (Lipinski definition) is 3. The summed E-state index contributed by atoms with van der Waals surface area (Å²) in [6.45, 7) is 9.01. The summed E-state index contributed by atoms with van der Waals surface area (Å²) in [5.74, 6) is 2.54. The number of rotatable bonds is 7. The van der Waals surface area contributed by atoms with Gasteiger partial charge in [-0.2, -0.15) is 0 Å². The zero-order valence-electron chi connectivity index (χ0n) is 12.9. The van der Waals surface area contributed by atoms with Crippen molar-refractivity contribution in [2.45, 2.75) is 46.1 Å². The van der Waals surface area contributed by atoms with Crippen LogP contribution in [0, 0.1) is 5.92 Å². The number of benzene rings is 1. The van der Waals surface area contributed by atoms with Crippen molar-refractivity contribution in [2.24, 2.45) is 5.92 Å². The first-order valence-corrected chi connectivity index (χ1v) is 7.83. The first kappa shape index (κ1) is 15.2. The lowest BCUT2D eigenvalue weighted by Crippen LogP contribution is -2.22. The van der Waals surface area contributed by atoms with E-state index in [1.165, 1.54) is 24.8 Å². The molecule has 1 N–H and O–H groups in total. The molecule has 0 spiro atoms. The molecule has 1 atom stereocenters. The molecule has 0 radical (unpaired) electrons. The molecule has 0 saturated carbocycles. The molecule has 0 fully saturated rings. The van der Waals surface area contributed by atoms with E-state index in [9.17, 15) is 0 Å². The molecule has 3 heteroatoms. The lowest BCUT2D eigenvalue weighted by atomic mass is 9.97. The summed E-state index contributed by atoms with van der Waals surface area (Å²) in [6.07, 6.45) is 3.71. The van der Waals surface area contributed by atoms with Crippen LogP contribution in [0.3, 0.4) is 0 Å². The van der Waals surface area contributed by atoms with E-state index < -0.39 is 0 Å². The number of hydrogen-bond donors (Lipinski definition) is 1. The fourth-order valence-electron chi connectivity index (χ4n) is 2.64. The first-order chi connectivity index (χ1) is 9.70. The van der Waals surface area contributed by atoms with Crippen LogP contribution in [0.15, 0.2) is 18.2 Å². The molecule has 0 saturated heterocycles. The van der Waals surface area contributed by atoms with Crippen LogP contribution in [-0.2, 0) is 0 Å². The molecule has 1 heterocycles. The van der Waals surface area contributed by atoms with E-state index in [0.29, 0.717) is 19.3 Å². The molecule has 0 aliphatic carbocycles. The molecule has 0 amide bonds. The van der Waals surface area contributed by atoms with Crippen LogP contribution in [0.4, 0.5) is 0 Å². The summed E-state index contributed by atoms with van der Waals surface area (Å²) in [6, 6.07) is 6.75. The Balaban J connectivity index is 2.04. The highest BCUT2D eigenvalue weighted by Crippen LogP contribution is 2.33. The van der Waals surface area contributed by atoms with Crippen molar-refractivity contribution >= 4 is 0 Å². The molecule has 1 aromatic rings. The Morgan fingerprint density at radius 3 is 2.55 bits per heavy atom. The number of nitrogens with one attached hydrogen (secondary N) is 1. The summed E-state index contributed by atoms with van der Waals surface area (Å²) in [5.41, 5.74) is 1.31. The van der Waals surface area contributed by atoms with Gasteiger partial charge in [0, 0.05) is 6.04 Å². The van der Waals surface area contributed by atoms with Gasteiger partial charge in [-0.3, -0.25) is 0 Å². The topological polar surface area (TPSA) is 30.5 Å². The van der Waals surface area contributed by atoms with Gasteiger partial charge < -0.3 is 14.8 Å². The molecular weight excluding hydrogens is 250 g/mol. The van der Waals surface area contributed by atoms with E-state index >= 15 is 0 Å². The van der Waals surface area contributed by atoms with Crippen LogP contribution in [-0.4, -0.2) is 19.8 Å². The molecule has 1 aromatic carbocycles. The second kappa shape index (κ2) is 7.53. The standard InChI is InChI=1S/C17H27NO2/c1-4-18-15(7-5-6-13(2)3)14-8-9-16-17(12-14)20-11-10-19-16/h8-9,12-13,15,18H,4-7,10-11H2,1-3H3. The molecule has 1 aliphatic rings. The van der Waals surface area contributed by atoms with Crippen LogP contribution in [0.2, 0.25) is 0 Å².